The van der Waals surface area contributed by atoms with Crippen LogP contribution in [0.3, 0.4) is 0 Å². The van der Waals surface area contributed by atoms with Crippen molar-refractivity contribution in [3.8, 4) is 11.5 Å². The number of benzene rings is 1. The van der Waals surface area contributed by atoms with Gasteiger partial charge in [0.15, 0.2) is 5.82 Å². The minimum absolute atomic E-state index is 0.282. The summed E-state index contributed by atoms with van der Waals surface area (Å²) >= 11 is 11.9. The molecule has 96 valence electrons. The summed E-state index contributed by atoms with van der Waals surface area (Å²) in [4.78, 5) is 4.18. The van der Waals surface area contributed by atoms with Gasteiger partial charge in [-0.25, -0.2) is 0 Å². The van der Waals surface area contributed by atoms with Crippen molar-refractivity contribution in [2.45, 2.75) is 6.04 Å². The van der Waals surface area contributed by atoms with Crippen LogP contribution in [0.25, 0.3) is 11.5 Å². The first-order valence-electron chi connectivity index (χ1n) is 5.15. The molecule has 0 bridgehead atoms. The van der Waals surface area contributed by atoms with E-state index in [0.717, 1.165) is 0 Å². The van der Waals surface area contributed by atoms with Crippen molar-refractivity contribution < 1.29 is 9.26 Å². The highest BCUT2D eigenvalue weighted by atomic mass is 35.5. The average Bonchev–Trinajstić information content (AvgIpc) is 2.82. The smallest absolute Gasteiger partial charge is 0.259 e. The SMILES string of the molecule is COCC(N)c1noc(-c2cc(Cl)ccc2Cl)n1. The normalized spacial score (nSPS) is 12.7. The highest BCUT2D eigenvalue weighted by Gasteiger charge is 2.17. The third kappa shape index (κ3) is 2.81. The fourth-order valence-electron chi connectivity index (χ4n) is 1.41. The van der Waals surface area contributed by atoms with Gasteiger partial charge in [0, 0.05) is 12.1 Å². The minimum Gasteiger partial charge on any atom is -0.383 e. The van der Waals surface area contributed by atoms with Crippen LogP contribution in [-0.4, -0.2) is 23.9 Å². The van der Waals surface area contributed by atoms with E-state index < -0.39 is 6.04 Å². The Hall–Kier alpha value is -1.14. The molecule has 0 aliphatic rings. The van der Waals surface area contributed by atoms with Crippen LogP contribution >= 0.6 is 23.2 Å². The van der Waals surface area contributed by atoms with Crippen LogP contribution in [0.5, 0.6) is 0 Å². The molecule has 0 fully saturated rings. The van der Waals surface area contributed by atoms with Gasteiger partial charge in [-0.3, -0.25) is 0 Å². The molecule has 1 aromatic carbocycles. The summed E-state index contributed by atoms with van der Waals surface area (Å²) in [6, 6.07) is 4.56. The molecule has 1 aromatic heterocycles. The van der Waals surface area contributed by atoms with E-state index in [1.54, 1.807) is 25.3 Å². The summed E-state index contributed by atoms with van der Waals surface area (Å²) in [6.07, 6.45) is 0. The highest BCUT2D eigenvalue weighted by molar-refractivity contribution is 6.35. The van der Waals surface area contributed by atoms with Crippen LogP contribution in [0.2, 0.25) is 10.0 Å². The van der Waals surface area contributed by atoms with E-state index in [1.807, 2.05) is 0 Å². The fourth-order valence-corrected chi connectivity index (χ4v) is 1.78. The molecule has 1 unspecified atom stereocenters. The van der Waals surface area contributed by atoms with Gasteiger partial charge in [-0.1, -0.05) is 28.4 Å². The van der Waals surface area contributed by atoms with Gasteiger partial charge in [0.2, 0.25) is 0 Å². The Morgan fingerprint density at radius 3 is 2.94 bits per heavy atom. The Morgan fingerprint density at radius 1 is 1.44 bits per heavy atom. The largest absolute Gasteiger partial charge is 0.383 e. The number of hydrogen-bond donors (Lipinski definition) is 1. The van der Waals surface area contributed by atoms with Crippen LogP contribution in [0.4, 0.5) is 0 Å². The third-order valence-electron chi connectivity index (χ3n) is 2.28. The standard InChI is InChI=1S/C11H11Cl2N3O2/c1-17-5-9(14)10-15-11(18-16-10)7-4-6(12)2-3-8(7)13/h2-4,9H,5,14H2,1H3. The number of hydrogen-bond acceptors (Lipinski definition) is 5. The van der Waals surface area contributed by atoms with Gasteiger partial charge >= 0.3 is 0 Å². The Morgan fingerprint density at radius 2 is 2.22 bits per heavy atom. The second-order valence-electron chi connectivity index (χ2n) is 3.64. The number of methoxy groups -OCH3 is 1. The molecule has 0 saturated carbocycles. The molecule has 0 spiro atoms. The number of halogens is 2. The molecule has 0 amide bonds. The van der Waals surface area contributed by atoms with E-state index in [4.69, 9.17) is 38.2 Å². The lowest BCUT2D eigenvalue weighted by atomic mass is 10.2. The number of rotatable bonds is 4. The lowest BCUT2D eigenvalue weighted by Crippen LogP contribution is -2.17. The van der Waals surface area contributed by atoms with Crippen molar-refractivity contribution in [3.05, 3.63) is 34.1 Å². The summed E-state index contributed by atoms with van der Waals surface area (Å²) in [5, 5.41) is 4.81. The second kappa shape index (κ2) is 5.67. The maximum absolute atomic E-state index is 6.04. The van der Waals surface area contributed by atoms with Crippen LogP contribution in [0, 0.1) is 0 Å². The topological polar surface area (TPSA) is 74.2 Å². The molecule has 1 atom stereocenters. The molecule has 2 rings (SSSR count). The van der Waals surface area contributed by atoms with Crippen molar-refractivity contribution in [1.29, 1.82) is 0 Å². The predicted molar refractivity (Wildman–Crippen MR) is 68.6 cm³/mol. The average molecular weight is 288 g/mol. The zero-order valence-corrected chi connectivity index (χ0v) is 11.1. The van der Waals surface area contributed by atoms with E-state index in [1.165, 1.54) is 0 Å². The number of aromatic nitrogens is 2. The zero-order chi connectivity index (χ0) is 13.1. The molecule has 7 heteroatoms. The summed E-state index contributed by atoms with van der Waals surface area (Å²) in [5.74, 6) is 0.645. The van der Waals surface area contributed by atoms with E-state index in [-0.39, 0.29) is 5.89 Å². The van der Waals surface area contributed by atoms with Crippen molar-refractivity contribution in [2.24, 2.45) is 5.73 Å². The second-order valence-corrected chi connectivity index (χ2v) is 4.49. The van der Waals surface area contributed by atoms with Crippen LogP contribution in [-0.2, 0) is 4.74 Å². The van der Waals surface area contributed by atoms with Gasteiger partial charge in [0.05, 0.1) is 23.2 Å². The fraction of sp³-hybridized carbons (Fsp3) is 0.273. The van der Waals surface area contributed by atoms with Crippen LogP contribution in [0.15, 0.2) is 22.7 Å². The van der Waals surface area contributed by atoms with Gasteiger partial charge in [0.1, 0.15) is 0 Å². The summed E-state index contributed by atoms with van der Waals surface area (Å²) in [6.45, 7) is 0.308. The summed E-state index contributed by atoms with van der Waals surface area (Å²) in [5.41, 5.74) is 6.37. The van der Waals surface area contributed by atoms with Gasteiger partial charge in [-0.15, -0.1) is 0 Å². The molecule has 2 aromatic rings. The van der Waals surface area contributed by atoms with E-state index >= 15 is 0 Å². The van der Waals surface area contributed by atoms with Gasteiger partial charge < -0.3 is 15.0 Å². The summed E-state index contributed by atoms with van der Waals surface area (Å²) < 4.78 is 10.0. The quantitative estimate of drug-likeness (QED) is 0.936. The van der Waals surface area contributed by atoms with Crippen molar-refractivity contribution in [3.63, 3.8) is 0 Å². The summed E-state index contributed by atoms with van der Waals surface area (Å²) in [7, 11) is 1.55. The molecular weight excluding hydrogens is 277 g/mol. The third-order valence-corrected chi connectivity index (χ3v) is 2.84. The Labute approximate surface area is 114 Å². The van der Waals surface area contributed by atoms with Crippen molar-refractivity contribution >= 4 is 23.2 Å². The maximum Gasteiger partial charge on any atom is 0.259 e. The zero-order valence-electron chi connectivity index (χ0n) is 9.56. The van der Waals surface area contributed by atoms with Gasteiger partial charge in [-0.05, 0) is 18.2 Å². The molecule has 0 aliphatic carbocycles. The Bertz CT molecular complexity index is 545. The number of ether oxygens (including phenoxy) is 1. The van der Waals surface area contributed by atoms with Crippen molar-refractivity contribution in [2.75, 3.05) is 13.7 Å². The number of nitrogens with two attached hydrogens (primary N) is 1. The van der Waals surface area contributed by atoms with E-state index in [9.17, 15) is 0 Å². The van der Waals surface area contributed by atoms with Crippen LogP contribution < -0.4 is 5.73 Å². The molecule has 0 aliphatic heterocycles. The predicted octanol–water partition coefficient (Wildman–Crippen LogP) is 2.69. The first-order valence-corrected chi connectivity index (χ1v) is 5.91. The lowest BCUT2D eigenvalue weighted by molar-refractivity contribution is 0.177. The number of nitrogens with zero attached hydrogens (tertiary/aromatic N) is 2. The van der Waals surface area contributed by atoms with Gasteiger partial charge in [0.25, 0.3) is 5.89 Å². The first-order chi connectivity index (χ1) is 8.61. The van der Waals surface area contributed by atoms with Crippen molar-refractivity contribution in [1.82, 2.24) is 10.1 Å². The molecule has 2 N–H and O–H groups in total. The minimum atomic E-state index is -0.439. The monoisotopic (exact) mass is 287 g/mol. The highest BCUT2D eigenvalue weighted by Crippen LogP contribution is 2.29. The lowest BCUT2D eigenvalue weighted by Gasteiger charge is -2.03. The Kier molecular flexibility index (Phi) is 4.19. The molecule has 18 heavy (non-hydrogen) atoms. The van der Waals surface area contributed by atoms with E-state index in [2.05, 4.69) is 10.1 Å². The van der Waals surface area contributed by atoms with Crippen LogP contribution in [0.1, 0.15) is 11.9 Å². The van der Waals surface area contributed by atoms with Gasteiger partial charge in [-0.2, -0.15) is 4.98 Å². The Balaban J connectivity index is 2.32. The first kappa shape index (κ1) is 13.3. The molecule has 5 nitrogen and oxygen atoms in total. The molecular formula is C11H11Cl2N3O2. The molecule has 1 heterocycles. The molecule has 0 radical (unpaired) electrons. The van der Waals surface area contributed by atoms with E-state index in [0.29, 0.717) is 28.0 Å². The molecule has 0 saturated heterocycles. The maximum atomic E-state index is 6.04.